The molecule has 0 unspecified atom stereocenters. The molecule has 0 atom stereocenters. The lowest BCUT2D eigenvalue weighted by Crippen LogP contribution is -1.86. The summed E-state index contributed by atoms with van der Waals surface area (Å²) in [6.45, 7) is 0. The third-order valence-corrected chi connectivity index (χ3v) is 3.23. The average molecular weight is 287 g/mol. The molecule has 4 nitrogen and oxygen atoms in total. The zero-order chi connectivity index (χ0) is 15.2. The number of nitrogens with zero attached hydrogens (tertiary/aromatic N) is 3. The van der Waals surface area contributed by atoms with Gasteiger partial charge in [0.25, 0.3) is 0 Å². The highest BCUT2D eigenvalue weighted by molar-refractivity contribution is 5.95. The first-order valence-corrected chi connectivity index (χ1v) is 6.82. The van der Waals surface area contributed by atoms with Crippen LogP contribution < -0.4 is 0 Å². The third kappa shape index (κ3) is 2.96. The Balaban J connectivity index is 0.000000133. The molecule has 2 heterocycles. The van der Waals surface area contributed by atoms with Gasteiger partial charge < -0.3 is 0 Å². The Bertz CT molecular complexity index is 851. The van der Waals surface area contributed by atoms with Crippen molar-refractivity contribution in [2.45, 2.75) is 0 Å². The number of benzene rings is 2. The minimum Gasteiger partial charge on any atom is -0.296 e. The van der Waals surface area contributed by atoms with Crippen molar-refractivity contribution < 1.29 is 4.79 Å². The molecule has 0 saturated carbocycles. The highest BCUT2D eigenvalue weighted by atomic mass is 16.1. The van der Waals surface area contributed by atoms with Crippen LogP contribution >= 0.6 is 0 Å². The second-order valence-corrected chi connectivity index (χ2v) is 4.62. The second-order valence-electron chi connectivity index (χ2n) is 4.62. The fourth-order valence-electron chi connectivity index (χ4n) is 2.16. The fraction of sp³-hybridized carbons (Fsp3) is 0. The van der Waals surface area contributed by atoms with Crippen molar-refractivity contribution in [2.75, 3.05) is 0 Å². The Morgan fingerprint density at radius 2 is 1.59 bits per heavy atom. The molecule has 0 fully saturated rings. The quantitative estimate of drug-likeness (QED) is 0.501. The minimum absolute atomic E-state index is 0.508. The summed E-state index contributed by atoms with van der Waals surface area (Å²) >= 11 is 0. The number of aldehydes is 1. The van der Waals surface area contributed by atoms with Gasteiger partial charge in [-0.15, -0.1) is 0 Å². The van der Waals surface area contributed by atoms with Crippen molar-refractivity contribution in [3.05, 3.63) is 79.0 Å². The van der Waals surface area contributed by atoms with Gasteiger partial charge in [0.2, 0.25) is 0 Å². The van der Waals surface area contributed by atoms with Gasteiger partial charge in [-0.05, 0) is 17.5 Å². The van der Waals surface area contributed by atoms with Crippen LogP contribution in [0, 0.1) is 0 Å². The summed E-state index contributed by atoms with van der Waals surface area (Å²) < 4.78 is 0. The monoisotopic (exact) mass is 287 g/mol. The van der Waals surface area contributed by atoms with Gasteiger partial charge in [0.1, 0.15) is 12.0 Å². The Morgan fingerprint density at radius 3 is 2.41 bits per heavy atom. The molecule has 22 heavy (non-hydrogen) atoms. The van der Waals surface area contributed by atoms with E-state index in [-0.39, 0.29) is 0 Å². The molecule has 2 aromatic carbocycles. The van der Waals surface area contributed by atoms with E-state index in [0.29, 0.717) is 5.69 Å². The molecule has 0 bridgehead atoms. The molecule has 4 aromatic rings. The van der Waals surface area contributed by atoms with Crippen molar-refractivity contribution in [2.24, 2.45) is 0 Å². The Hall–Kier alpha value is -3.14. The number of aromatic nitrogens is 3. The van der Waals surface area contributed by atoms with Crippen LogP contribution in [-0.4, -0.2) is 21.2 Å². The first-order chi connectivity index (χ1) is 10.9. The Labute approximate surface area is 127 Å². The van der Waals surface area contributed by atoms with Gasteiger partial charge in [0, 0.05) is 23.2 Å². The first kappa shape index (κ1) is 13.8. The number of carbonyl (C=O) groups excluding carboxylic acids is 1. The summed E-state index contributed by atoms with van der Waals surface area (Å²) in [4.78, 5) is 22.5. The first-order valence-electron chi connectivity index (χ1n) is 6.82. The van der Waals surface area contributed by atoms with E-state index in [1.807, 2.05) is 60.8 Å². The van der Waals surface area contributed by atoms with E-state index in [1.165, 1.54) is 0 Å². The number of hydrogen-bond donors (Lipinski definition) is 0. The van der Waals surface area contributed by atoms with Crippen LogP contribution in [0.25, 0.3) is 21.7 Å². The molecule has 0 aliphatic heterocycles. The maximum absolute atomic E-state index is 10.6. The fourth-order valence-corrected chi connectivity index (χ4v) is 2.16. The van der Waals surface area contributed by atoms with Crippen molar-refractivity contribution in [1.29, 1.82) is 0 Å². The SMILES string of the molecule is O=Cc1nccc2ccccc12.c1ccc2ncncc2c1. The van der Waals surface area contributed by atoms with Crippen molar-refractivity contribution >= 4 is 28.0 Å². The normalized spacial score (nSPS) is 10.0. The predicted octanol–water partition coefficient (Wildman–Crippen LogP) is 3.68. The lowest BCUT2D eigenvalue weighted by atomic mass is 10.1. The lowest BCUT2D eigenvalue weighted by molar-refractivity contribution is 0.112. The molecule has 0 radical (unpaired) electrons. The van der Waals surface area contributed by atoms with Gasteiger partial charge in [-0.25, -0.2) is 9.97 Å². The van der Waals surface area contributed by atoms with Gasteiger partial charge >= 0.3 is 0 Å². The number of carbonyl (C=O) groups is 1. The van der Waals surface area contributed by atoms with Gasteiger partial charge in [0.15, 0.2) is 6.29 Å². The predicted molar refractivity (Wildman–Crippen MR) is 86.7 cm³/mol. The van der Waals surface area contributed by atoms with Crippen LogP contribution in [0.1, 0.15) is 10.5 Å². The van der Waals surface area contributed by atoms with E-state index in [1.54, 1.807) is 12.5 Å². The maximum atomic E-state index is 10.6. The maximum Gasteiger partial charge on any atom is 0.169 e. The standard InChI is InChI=1S/C10H7NO.C8H6N2/c12-7-10-9-4-2-1-3-8(9)5-6-11-10;1-2-4-8-7(3-1)5-9-6-10-8/h1-7H;1-6H. The summed E-state index contributed by atoms with van der Waals surface area (Å²) in [5.74, 6) is 0. The highest BCUT2D eigenvalue weighted by Gasteiger charge is 1.97. The van der Waals surface area contributed by atoms with Gasteiger partial charge in [-0.2, -0.15) is 0 Å². The largest absolute Gasteiger partial charge is 0.296 e. The number of para-hydroxylation sites is 1. The van der Waals surface area contributed by atoms with E-state index in [2.05, 4.69) is 15.0 Å². The van der Waals surface area contributed by atoms with Gasteiger partial charge in [-0.1, -0.05) is 42.5 Å². The van der Waals surface area contributed by atoms with Crippen LogP contribution in [0.2, 0.25) is 0 Å². The molecule has 2 aromatic heterocycles. The molecule has 4 rings (SSSR count). The molecule has 0 saturated heterocycles. The van der Waals surface area contributed by atoms with E-state index in [4.69, 9.17) is 0 Å². The molecule has 106 valence electrons. The van der Waals surface area contributed by atoms with Crippen molar-refractivity contribution in [1.82, 2.24) is 15.0 Å². The number of fused-ring (bicyclic) bond motifs is 2. The summed E-state index contributed by atoms with van der Waals surface area (Å²) in [6, 6.07) is 17.5. The van der Waals surface area contributed by atoms with Crippen LogP contribution in [0.15, 0.2) is 73.3 Å². The number of pyridine rings is 1. The van der Waals surface area contributed by atoms with Crippen LogP contribution in [0.4, 0.5) is 0 Å². The van der Waals surface area contributed by atoms with Gasteiger partial charge in [-0.3, -0.25) is 9.78 Å². The van der Waals surface area contributed by atoms with E-state index in [0.717, 1.165) is 28.0 Å². The Kier molecular flexibility index (Phi) is 4.11. The zero-order valence-electron chi connectivity index (χ0n) is 11.8. The molecule has 4 heteroatoms. The molecular weight excluding hydrogens is 274 g/mol. The third-order valence-electron chi connectivity index (χ3n) is 3.23. The average Bonchev–Trinajstić information content (AvgIpc) is 2.62. The molecular formula is C18H13N3O. The summed E-state index contributed by atoms with van der Waals surface area (Å²) in [7, 11) is 0. The highest BCUT2D eigenvalue weighted by Crippen LogP contribution is 2.14. The molecule has 0 aliphatic carbocycles. The summed E-state index contributed by atoms with van der Waals surface area (Å²) in [6.07, 6.45) is 5.79. The van der Waals surface area contributed by atoms with Crippen molar-refractivity contribution in [3.8, 4) is 0 Å². The van der Waals surface area contributed by atoms with Crippen LogP contribution in [0.5, 0.6) is 0 Å². The molecule has 0 spiro atoms. The molecule has 0 amide bonds. The second kappa shape index (κ2) is 6.54. The van der Waals surface area contributed by atoms with E-state index >= 15 is 0 Å². The summed E-state index contributed by atoms with van der Waals surface area (Å²) in [5, 5.41) is 3.05. The summed E-state index contributed by atoms with van der Waals surface area (Å²) in [5.41, 5.74) is 1.51. The number of rotatable bonds is 1. The molecule has 0 aliphatic rings. The van der Waals surface area contributed by atoms with Crippen LogP contribution in [-0.2, 0) is 0 Å². The Morgan fingerprint density at radius 1 is 0.818 bits per heavy atom. The smallest absolute Gasteiger partial charge is 0.169 e. The number of hydrogen-bond acceptors (Lipinski definition) is 4. The topological polar surface area (TPSA) is 55.7 Å². The van der Waals surface area contributed by atoms with Crippen LogP contribution in [0.3, 0.4) is 0 Å². The zero-order valence-corrected chi connectivity index (χ0v) is 11.8. The van der Waals surface area contributed by atoms with Crippen molar-refractivity contribution in [3.63, 3.8) is 0 Å². The lowest BCUT2D eigenvalue weighted by Gasteiger charge is -1.97. The molecule has 0 N–H and O–H groups in total. The van der Waals surface area contributed by atoms with E-state index in [9.17, 15) is 4.79 Å². The van der Waals surface area contributed by atoms with E-state index < -0.39 is 0 Å². The van der Waals surface area contributed by atoms with Gasteiger partial charge in [0.05, 0.1) is 5.52 Å². The minimum atomic E-state index is 0.508.